The fourth-order valence-corrected chi connectivity index (χ4v) is 2.47. The van der Waals surface area contributed by atoms with Gasteiger partial charge in [0.05, 0.1) is 22.9 Å². The molecule has 0 bridgehead atoms. The van der Waals surface area contributed by atoms with Gasteiger partial charge in [0.15, 0.2) is 0 Å². The third-order valence-corrected chi connectivity index (χ3v) is 3.58. The molecule has 21 heavy (non-hydrogen) atoms. The average Bonchev–Trinajstić information content (AvgIpc) is 2.91. The van der Waals surface area contributed by atoms with Gasteiger partial charge >= 0.3 is 5.97 Å². The van der Waals surface area contributed by atoms with E-state index in [0.717, 1.165) is 30.4 Å². The number of rotatable bonds is 5. The molecule has 0 spiro atoms. The van der Waals surface area contributed by atoms with Gasteiger partial charge in [0.1, 0.15) is 0 Å². The van der Waals surface area contributed by atoms with Crippen molar-refractivity contribution in [2.75, 3.05) is 0 Å². The summed E-state index contributed by atoms with van der Waals surface area (Å²) >= 11 is 0. The quantitative estimate of drug-likeness (QED) is 0.779. The van der Waals surface area contributed by atoms with E-state index < -0.39 is 5.97 Å². The molecule has 3 aromatic rings. The first kappa shape index (κ1) is 13.4. The average molecular weight is 280 g/mol. The molecule has 4 heteroatoms. The van der Waals surface area contributed by atoms with Crippen LogP contribution in [-0.4, -0.2) is 20.6 Å². The van der Waals surface area contributed by atoms with Crippen LogP contribution in [0.2, 0.25) is 0 Å². The van der Waals surface area contributed by atoms with E-state index in [1.807, 2.05) is 12.1 Å². The van der Waals surface area contributed by atoms with Crippen molar-refractivity contribution in [3.05, 3.63) is 66.0 Å². The molecule has 4 nitrogen and oxygen atoms in total. The number of carboxylic acid groups (broad SMARTS) is 1. The first-order chi connectivity index (χ1) is 10.2. The van der Waals surface area contributed by atoms with Crippen molar-refractivity contribution in [3.63, 3.8) is 0 Å². The molecule has 3 rings (SSSR count). The van der Waals surface area contributed by atoms with Crippen LogP contribution >= 0.6 is 0 Å². The molecule has 0 fully saturated rings. The van der Waals surface area contributed by atoms with Gasteiger partial charge in [-0.3, -0.25) is 0 Å². The smallest absolute Gasteiger partial charge is 0.335 e. The van der Waals surface area contributed by atoms with Crippen LogP contribution in [-0.2, 0) is 13.0 Å². The Morgan fingerprint density at radius 2 is 1.95 bits per heavy atom. The molecule has 1 N–H and O–H groups in total. The highest BCUT2D eigenvalue weighted by atomic mass is 16.4. The SMILES string of the molecule is O=C(O)c1ccc2c(c1)ncn2CCCc1ccccc1. The molecular weight excluding hydrogens is 264 g/mol. The first-order valence-corrected chi connectivity index (χ1v) is 6.96. The Morgan fingerprint density at radius 3 is 2.71 bits per heavy atom. The zero-order chi connectivity index (χ0) is 14.7. The van der Waals surface area contributed by atoms with Gasteiger partial charge in [-0.1, -0.05) is 30.3 Å². The van der Waals surface area contributed by atoms with Crippen LogP contribution in [0.5, 0.6) is 0 Å². The van der Waals surface area contributed by atoms with Crippen molar-refractivity contribution in [1.82, 2.24) is 9.55 Å². The van der Waals surface area contributed by atoms with E-state index in [-0.39, 0.29) is 5.56 Å². The molecule has 0 saturated carbocycles. The van der Waals surface area contributed by atoms with Gasteiger partial charge in [0.25, 0.3) is 0 Å². The number of fused-ring (bicyclic) bond motifs is 1. The second-order valence-electron chi connectivity index (χ2n) is 5.04. The van der Waals surface area contributed by atoms with E-state index in [0.29, 0.717) is 0 Å². The van der Waals surface area contributed by atoms with E-state index in [9.17, 15) is 4.79 Å². The molecule has 0 radical (unpaired) electrons. The highest BCUT2D eigenvalue weighted by Crippen LogP contribution is 2.16. The Labute approximate surface area is 122 Å². The Kier molecular flexibility index (Phi) is 3.69. The number of imidazole rings is 1. The maximum Gasteiger partial charge on any atom is 0.335 e. The van der Waals surface area contributed by atoms with Crippen molar-refractivity contribution in [3.8, 4) is 0 Å². The van der Waals surface area contributed by atoms with Gasteiger partial charge in [-0.2, -0.15) is 0 Å². The molecule has 1 aromatic heterocycles. The molecule has 2 aromatic carbocycles. The number of aromatic carboxylic acids is 1. The number of aryl methyl sites for hydroxylation is 2. The summed E-state index contributed by atoms with van der Waals surface area (Å²) in [6.07, 6.45) is 3.82. The fraction of sp³-hybridized carbons (Fsp3) is 0.176. The van der Waals surface area contributed by atoms with Gasteiger partial charge < -0.3 is 9.67 Å². The summed E-state index contributed by atoms with van der Waals surface area (Å²) < 4.78 is 2.07. The van der Waals surface area contributed by atoms with E-state index in [2.05, 4.69) is 33.8 Å². The molecule has 0 aliphatic rings. The van der Waals surface area contributed by atoms with E-state index in [1.54, 1.807) is 18.5 Å². The third-order valence-electron chi connectivity index (χ3n) is 3.58. The zero-order valence-corrected chi connectivity index (χ0v) is 11.6. The standard InChI is InChI=1S/C17H16N2O2/c20-17(21)14-8-9-16-15(11-14)18-12-19(16)10-4-7-13-5-2-1-3-6-13/h1-3,5-6,8-9,11-12H,4,7,10H2,(H,20,21). The number of benzene rings is 2. The minimum atomic E-state index is -0.921. The summed E-state index contributed by atoms with van der Waals surface area (Å²) in [6, 6.07) is 15.5. The lowest BCUT2D eigenvalue weighted by atomic mass is 10.1. The number of hydrogen-bond acceptors (Lipinski definition) is 2. The molecule has 0 saturated heterocycles. The maximum atomic E-state index is 10.9. The highest BCUT2D eigenvalue weighted by Gasteiger charge is 2.07. The largest absolute Gasteiger partial charge is 0.478 e. The minimum Gasteiger partial charge on any atom is -0.478 e. The second kappa shape index (κ2) is 5.79. The summed E-state index contributed by atoms with van der Waals surface area (Å²) in [7, 11) is 0. The fourth-order valence-electron chi connectivity index (χ4n) is 2.47. The van der Waals surface area contributed by atoms with E-state index >= 15 is 0 Å². The van der Waals surface area contributed by atoms with E-state index in [4.69, 9.17) is 5.11 Å². The van der Waals surface area contributed by atoms with Crippen molar-refractivity contribution in [1.29, 1.82) is 0 Å². The summed E-state index contributed by atoms with van der Waals surface area (Å²) in [5.74, 6) is -0.921. The van der Waals surface area contributed by atoms with Crippen molar-refractivity contribution in [2.45, 2.75) is 19.4 Å². The van der Waals surface area contributed by atoms with Gasteiger partial charge in [-0.15, -0.1) is 0 Å². The predicted octanol–water partition coefficient (Wildman–Crippen LogP) is 3.37. The number of carboxylic acids is 1. The van der Waals surface area contributed by atoms with Crippen molar-refractivity contribution < 1.29 is 9.90 Å². The predicted molar refractivity (Wildman–Crippen MR) is 81.5 cm³/mol. The van der Waals surface area contributed by atoms with Gasteiger partial charge in [0.2, 0.25) is 0 Å². The van der Waals surface area contributed by atoms with Crippen LogP contribution in [0.1, 0.15) is 22.3 Å². The number of nitrogens with zero attached hydrogens (tertiary/aromatic N) is 2. The highest BCUT2D eigenvalue weighted by molar-refractivity contribution is 5.92. The van der Waals surface area contributed by atoms with Crippen LogP contribution in [0.15, 0.2) is 54.9 Å². The molecule has 0 aliphatic heterocycles. The Balaban J connectivity index is 1.71. The van der Waals surface area contributed by atoms with Gasteiger partial charge in [-0.25, -0.2) is 9.78 Å². The Hall–Kier alpha value is -2.62. The van der Waals surface area contributed by atoms with Crippen LogP contribution in [0.25, 0.3) is 11.0 Å². The lowest BCUT2D eigenvalue weighted by molar-refractivity contribution is 0.0697. The van der Waals surface area contributed by atoms with Crippen LogP contribution in [0, 0.1) is 0 Å². The number of aromatic nitrogens is 2. The van der Waals surface area contributed by atoms with Gasteiger partial charge in [0, 0.05) is 6.54 Å². The monoisotopic (exact) mass is 280 g/mol. The molecule has 0 atom stereocenters. The van der Waals surface area contributed by atoms with Crippen LogP contribution in [0.3, 0.4) is 0 Å². The summed E-state index contributed by atoms with van der Waals surface area (Å²) in [5, 5.41) is 8.98. The molecule has 0 unspecified atom stereocenters. The maximum absolute atomic E-state index is 10.9. The molecule has 1 heterocycles. The lowest BCUT2D eigenvalue weighted by Gasteiger charge is -2.05. The van der Waals surface area contributed by atoms with Crippen LogP contribution < -0.4 is 0 Å². The Bertz CT molecular complexity index is 763. The van der Waals surface area contributed by atoms with E-state index in [1.165, 1.54) is 5.56 Å². The Morgan fingerprint density at radius 1 is 1.14 bits per heavy atom. The summed E-state index contributed by atoms with van der Waals surface area (Å²) in [4.78, 5) is 15.2. The topological polar surface area (TPSA) is 55.1 Å². The van der Waals surface area contributed by atoms with Gasteiger partial charge in [-0.05, 0) is 36.6 Å². The lowest BCUT2D eigenvalue weighted by Crippen LogP contribution is -1.99. The molecular formula is C17H16N2O2. The summed E-state index contributed by atoms with van der Waals surface area (Å²) in [6.45, 7) is 0.873. The van der Waals surface area contributed by atoms with Crippen molar-refractivity contribution >= 4 is 17.0 Å². The normalized spacial score (nSPS) is 10.9. The second-order valence-corrected chi connectivity index (χ2v) is 5.04. The summed E-state index contributed by atoms with van der Waals surface area (Å²) in [5.41, 5.74) is 3.31. The minimum absolute atomic E-state index is 0.275. The van der Waals surface area contributed by atoms with Crippen LogP contribution in [0.4, 0.5) is 0 Å². The molecule has 106 valence electrons. The molecule has 0 amide bonds. The number of hydrogen-bond donors (Lipinski definition) is 1. The zero-order valence-electron chi connectivity index (χ0n) is 11.6. The van der Waals surface area contributed by atoms with Crippen molar-refractivity contribution in [2.24, 2.45) is 0 Å². The molecule has 0 aliphatic carbocycles. The number of carbonyl (C=O) groups is 1. The third kappa shape index (κ3) is 2.94. The first-order valence-electron chi connectivity index (χ1n) is 6.96.